The number of nitrogens with one attached hydrogen (secondary N) is 2. The number of pyridine rings is 1. The van der Waals surface area contributed by atoms with Crippen LogP contribution < -0.4 is 16.4 Å². The molecule has 8 heteroatoms. The number of halogens is 2. The van der Waals surface area contributed by atoms with E-state index in [1.165, 1.54) is 0 Å². The van der Waals surface area contributed by atoms with E-state index < -0.39 is 0 Å². The normalized spacial score (nSPS) is 12.0. The number of anilines is 2. The predicted octanol–water partition coefficient (Wildman–Crippen LogP) is 3.41. The minimum Gasteiger partial charge on any atom is -0.327 e. The lowest BCUT2D eigenvalue weighted by Crippen LogP contribution is -2.34. The summed E-state index contributed by atoms with van der Waals surface area (Å²) >= 11 is 0. The van der Waals surface area contributed by atoms with E-state index in [0.29, 0.717) is 16.9 Å². The summed E-state index contributed by atoms with van der Waals surface area (Å²) < 4.78 is 0. The van der Waals surface area contributed by atoms with Gasteiger partial charge >= 0.3 is 0 Å². The van der Waals surface area contributed by atoms with Crippen molar-refractivity contribution in [3.05, 3.63) is 53.9 Å². The van der Waals surface area contributed by atoms with Gasteiger partial charge < -0.3 is 16.4 Å². The quantitative estimate of drug-likeness (QED) is 0.718. The zero-order valence-corrected chi connectivity index (χ0v) is 16.5. The first-order chi connectivity index (χ1) is 11.4. The van der Waals surface area contributed by atoms with Crippen molar-refractivity contribution in [2.75, 3.05) is 10.6 Å². The standard InChI is InChI=1S/C18H22N4O2.2ClH/c1-11-4-5-15(21-17(23)12(2)13(3)19)10-16(11)22-18(24)14-6-8-20-9-7-14;;/h4-10,12-13H,19H2,1-3H3,(H,21,23)(H,22,24);2*1H. The molecular formula is C18H24Cl2N4O2. The number of hydrogen-bond donors (Lipinski definition) is 3. The average molecular weight is 399 g/mol. The van der Waals surface area contributed by atoms with Gasteiger partial charge in [-0.05, 0) is 43.7 Å². The van der Waals surface area contributed by atoms with E-state index in [4.69, 9.17) is 5.73 Å². The van der Waals surface area contributed by atoms with Crippen molar-refractivity contribution in [3.8, 4) is 0 Å². The zero-order valence-electron chi connectivity index (χ0n) is 14.9. The van der Waals surface area contributed by atoms with E-state index in [-0.39, 0.29) is 48.6 Å². The molecule has 0 bridgehead atoms. The number of carbonyl (C=O) groups excluding carboxylic acids is 2. The summed E-state index contributed by atoms with van der Waals surface area (Å²) in [5, 5.41) is 5.67. The van der Waals surface area contributed by atoms with Crippen molar-refractivity contribution in [2.24, 2.45) is 11.7 Å². The second-order valence-corrected chi connectivity index (χ2v) is 5.86. The largest absolute Gasteiger partial charge is 0.327 e. The first kappa shape index (κ1) is 23.9. The van der Waals surface area contributed by atoms with E-state index in [1.807, 2.05) is 13.0 Å². The van der Waals surface area contributed by atoms with Crippen molar-refractivity contribution in [1.82, 2.24) is 4.98 Å². The maximum Gasteiger partial charge on any atom is 0.255 e. The predicted molar refractivity (Wildman–Crippen MR) is 109 cm³/mol. The van der Waals surface area contributed by atoms with Crippen LogP contribution in [-0.4, -0.2) is 22.8 Å². The van der Waals surface area contributed by atoms with Crippen LogP contribution in [-0.2, 0) is 4.79 Å². The van der Waals surface area contributed by atoms with Gasteiger partial charge in [0, 0.05) is 35.4 Å². The average Bonchev–Trinajstić information content (AvgIpc) is 2.57. The molecule has 0 radical (unpaired) electrons. The van der Waals surface area contributed by atoms with Crippen molar-refractivity contribution in [3.63, 3.8) is 0 Å². The van der Waals surface area contributed by atoms with Gasteiger partial charge in [0.25, 0.3) is 5.91 Å². The summed E-state index contributed by atoms with van der Waals surface area (Å²) in [5.41, 5.74) is 8.42. The lowest BCUT2D eigenvalue weighted by atomic mass is 10.0. The van der Waals surface area contributed by atoms with Crippen molar-refractivity contribution in [1.29, 1.82) is 0 Å². The Bertz CT molecular complexity index is 739. The zero-order chi connectivity index (χ0) is 17.7. The Hall–Kier alpha value is -2.15. The van der Waals surface area contributed by atoms with Crippen LogP contribution in [0.25, 0.3) is 0 Å². The molecule has 0 aliphatic carbocycles. The molecule has 26 heavy (non-hydrogen) atoms. The van der Waals surface area contributed by atoms with Crippen LogP contribution in [0.15, 0.2) is 42.7 Å². The van der Waals surface area contributed by atoms with Crippen LogP contribution in [0.5, 0.6) is 0 Å². The first-order valence-corrected chi connectivity index (χ1v) is 7.77. The lowest BCUT2D eigenvalue weighted by molar-refractivity contribution is -0.119. The first-order valence-electron chi connectivity index (χ1n) is 7.77. The van der Waals surface area contributed by atoms with Crippen molar-refractivity contribution in [2.45, 2.75) is 26.8 Å². The SMILES string of the molecule is Cc1ccc(NC(=O)C(C)C(C)N)cc1NC(=O)c1ccncc1.Cl.Cl. The summed E-state index contributed by atoms with van der Waals surface area (Å²) in [6.45, 7) is 5.46. The van der Waals surface area contributed by atoms with E-state index >= 15 is 0 Å². The number of rotatable bonds is 5. The highest BCUT2D eigenvalue weighted by Gasteiger charge is 2.17. The van der Waals surface area contributed by atoms with Gasteiger partial charge in [-0.2, -0.15) is 0 Å². The highest BCUT2D eigenvalue weighted by atomic mass is 35.5. The molecule has 1 aromatic heterocycles. The monoisotopic (exact) mass is 398 g/mol. The molecule has 142 valence electrons. The minimum atomic E-state index is -0.304. The van der Waals surface area contributed by atoms with Gasteiger partial charge in [0.05, 0.1) is 5.92 Å². The molecule has 2 unspecified atom stereocenters. The van der Waals surface area contributed by atoms with Gasteiger partial charge in [0.1, 0.15) is 0 Å². The van der Waals surface area contributed by atoms with Crippen molar-refractivity contribution >= 4 is 48.0 Å². The Labute approximate surface area is 165 Å². The Morgan fingerprint density at radius 1 is 1.04 bits per heavy atom. The molecule has 2 aromatic rings. The minimum absolute atomic E-state index is 0. The molecule has 6 nitrogen and oxygen atoms in total. The molecule has 0 aliphatic heterocycles. The van der Waals surface area contributed by atoms with Gasteiger partial charge in [0.15, 0.2) is 0 Å². The van der Waals surface area contributed by atoms with Gasteiger partial charge in [0.2, 0.25) is 5.91 Å². The third-order valence-corrected chi connectivity index (χ3v) is 3.90. The molecule has 0 fully saturated rings. The van der Waals surface area contributed by atoms with Gasteiger partial charge in [-0.3, -0.25) is 14.6 Å². The Kier molecular flexibility index (Phi) is 9.86. The number of carbonyl (C=O) groups is 2. The maximum absolute atomic E-state index is 12.3. The molecule has 0 saturated carbocycles. The van der Waals surface area contributed by atoms with Gasteiger partial charge in [-0.25, -0.2) is 0 Å². The molecule has 1 heterocycles. The number of hydrogen-bond acceptors (Lipinski definition) is 4. The molecule has 2 atom stereocenters. The highest BCUT2D eigenvalue weighted by molar-refractivity contribution is 6.05. The van der Waals surface area contributed by atoms with Crippen LogP contribution >= 0.6 is 24.8 Å². The number of nitrogens with zero attached hydrogens (tertiary/aromatic N) is 1. The molecule has 0 spiro atoms. The summed E-state index contributed by atoms with van der Waals surface area (Å²) in [6.07, 6.45) is 3.13. The van der Waals surface area contributed by atoms with E-state index in [9.17, 15) is 9.59 Å². The maximum atomic E-state index is 12.3. The summed E-state index contributed by atoms with van der Waals surface area (Å²) in [7, 11) is 0. The third-order valence-electron chi connectivity index (χ3n) is 3.90. The van der Waals surface area contributed by atoms with Gasteiger partial charge in [-0.1, -0.05) is 13.0 Å². The fourth-order valence-corrected chi connectivity index (χ4v) is 2.03. The molecule has 0 aliphatic rings. The summed E-state index contributed by atoms with van der Waals surface area (Å²) in [6, 6.07) is 8.42. The topological polar surface area (TPSA) is 97.1 Å². The second kappa shape index (κ2) is 10.8. The summed E-state index contributed by atoms with van der Waals surface area (Å²) in [5.74, 6) is -0.686. The fraction of sp³-hybridized carbons (Fsp3) is 0.278. The molecular weight excluding hydrogens is 375 g/mol. The number of aromatic nitrogens is 1. The van der Waals surface area contributed by atoms with E-state index in [1.54, 1.807) is 50.5 Å². The number of aryl methyl sites for hydroxylation is 1. The van der Waals surface area contributed by atoms with E-state index in [0.717, 1.165) is 5.56 Å². The lowest BCUT2D eigenvalue weighted by Gasteiger charge is -2.16. The summed E-state index contributed by atoms with van der Waals surface area (Å²) in [4.78, 5) is 28.3. The van der Waals surface area contributed by atoms with Crippen LogP contribution in [0.3, 0.4) is 0 Å². The van der Waals surface area contributed by atoms with Crippen LogP contribution in [0, 0.1) is 12.8 Å². The Morgan fingerprint density at radius 2 is 1.65 bits per heavy atom. The van der Waals surface area contributed by atoms with Gasteiger partial charge in [-0.15, -0.1) is 24.8 Å². The van der Waals surface area contributed by atoms with Crippen LogP contribution in [0.1, 0.15) is 29.8 Å². The van der Waals surface area contributed by atoms with Crippen molar-refractivity contribution < 1.29 is 9.59 Å². The van der Waals surface area contributed by atoms with Crippen LogP contribution in [0.4, 0.5) is 11.4 Å². The smallest absolute Gasteiger partial charge is 0.255 e. The molecule has 1 aromatic carbocycles. The van der Waals surface area contributed by atoms with Crippen LogP contribution in [0.2, 0.25) is 0 Å². The molecule has 2 amide bonds. The Balaban J connectivity index is 0.00000312. The third kappa shape index (κ3) is 6.29. The number of amides is 2. The second-order valence-electron chi connectivity index (χ2n) is 5.86. The van der Waals surface area contributed by atoms with E-state index in [2.05, 4.69) is 15.6 Å². The molecule has 4 N–H and O–H groups in total. The fourth-order valence-electron chi connectivity index (χ4n) is 2.03. The number of benzene rings is 1. The molecule has 2 rings (SSSR count). The number of nitrogens with two attached hydrogens (primary N) is 1. The Morgan fingerprint density at radius 3 is 2.23 bits per heavy atom. The highest BCUT2D eigenvalue weighted by Crippen LogP contribution is 2.21. The molecule has 0 saturated heterocycles.